The van der Waals surface area contributed by atoms with Gasteiger partial charge in [-0.05, 0) is 40.4 Å². The summed E-state index contributed by atoms with van der Waals surface area (Å²) in [6.45, 7) is 9.92. The Morgan fingerprint density at radius 3 is 1.63 bits per heavy atom. The van der Waals surface area contributed by atoms with Crippen LogP contribution in [-0.4, -0.2) is 28.5 Å². The van der Waals surface area contributed by atoms with Crippen molar-refractivity contribution in [2.45, 2.75) is 115 Å². The number of thioether (sulfide) groups is 1. The lowest BCUT2D eigenvalue weighted by atomic mass is 10.1. The lowest BCUT2D eigenvalue weighted by Crippen LogP contribution is -2.13. The molecule has 0 N–H and O–H groups in total. The van der Waals surface area contributed by atoms with Crippen molar-refractivity contribution in [3.63, 3.8) is 0 Å². The van der Waals surface area contributed by atoms with Crippen molar-refractivity contribution in [1.82, 2.24) is 0 Å². The van der Waals surface area contributed by atoms with Crippen molar-refractivity contribution in [3.8, 4) is 0 Å². The summed E-state index contributed by atoms with van der Waals surface area (Å²) in [7, 11) is 0.347. The van der Waals surface area contributed by atoms with Gasteiger partial charge in [-0.25, -0.2) is 0 Å². The molecule has 0 heterocycles. The molecular formula is C20H43O3PS3. The highest BCUT2D eigenvalue weighted by Gasteiger charge is 2.38. The molecule has 0 aliphatic carbocycles. The molecule has 0 saturated carbocycles. The first-order chi connectivity index (χ1) is 12.9. The van der Waals surface area contributed by atoms with Gasteiger partial charge in [0, 0.05) is 5.75 Å². The predicted octanol–water partition coefficient (Wildman–Crippen LogP) is 8.98. The summed E-state index contributed by atoms with van der Waals surface area (Å²) in [5.74, 6) is 1.10. The zero-order chi connectivity index (χ0) is 20.5. The van der Waals surface area contributed by atoms with Crippen molar-refractivity contribution in [1.29, 1.82) is 0 Å². The van der Waals surface area contributed by atoms with Crippen LogP contribution in [0.2, 0.25) is 0 Å². The van der Waals surface area contributed by atoms with Gasteiger partial charge in [0.2, 0.25) is 0 Å². The molecule has 0 fully saturated rings. The molecule has 0 saturated heterocycles. The summed E-state index contributed by atoms with van der Waals surface area (Å²) in [6.07, 6.45) is 15.4. The van der Waals surface area contributed by atoms with Crippen LogP contribution in [0.15, 0.2) is 0 Å². The van der Waals surface area contributed by atoms with Crippen LogP contribution < -0.4 is 0 Å². The van der Waals surface area contributed by atoms with Crippen molar-refractivity contribution >= 4 is 40.9 Å². The van der Waals surface area contributed by atoms with Crippen molar-refractivity contribution in [2.24, 2.45) is 0 Å². The minimum absolute atomic E-state index is 0.100. The van der Waals surface area contributed by atoms with E-state index >= 15 is 0 Å². The average Bonchev–Trinajstić information content (AvgIpc) is 2.57. The maximum Gasteiger partial charge on any atom is 0.354 e. The molecule has 0 amide bonds. The fraction of sp³-hybridized carbons (Fsp3) is 1.00. The second kappa shape index (κ2) is 18.0. The van der Waals surface area contributed by atoms with Crippen LogP contribution in [0.3, 0.4) is 0 Å². The standard InChI is InChI=1S/C20H43O3PS3/c1-7-8-9-10-11-12-13-14-15-16-17-26-27-20(25-6)24(21,22-18(2)3)23-19(4)5/h18-20H,7-17H2,1-6H3. The van der Waals surface area contributed by atoms with E-state index in [2.05, 4.69) is 6.92 Å². The molecular weight excluding hydrogens is 415 g/mol. The largest absolute Gasteiger partial charge is 0.354 e. The molecule has 7 heteroatoms. The fourth-order valence-corrected chi connectivity index (χ4v) is 10.7. The minimum Gasteiger partial charge on any atom is -0.304 e. The second-order valence-corrected chi connectivity index (χ2v) is 14.0. The SMILES string of the molecule is CCCCCCCCCCCCSSC(SC)P(=O)(OC(C)C)OC(C)C. The van der Waals surface area contributed by atoms with E-state index in [-0.39, 0.29) is 16.5 Å². The van der Waals surface area contributed by atoms with E-state index in [0.29, 0.717) is 0 Å². The van der Waals surface area contributed by atoms with E-state index in [1.54, 1.807) is 22.6 Å². The zero-order valence-corrected chi connectivity index (χ0v) is 21.8. The quantitative estimate of drug-likeness (QED) is 0.0831. The van der Waals surface area contributed by atoms with Gasteiger partial charge in [-0.2, -0.15) is 0 Å². The van der Waals surface area contributed by atoms with Gasteiger partial charge in [-0.3, -0.25) is 4.57 Å². The van der Waals surface area contributed by atoms with Crippen molar-refractivity contribution < 1.29 is 13.6 Å². The van der Waals surface area contributed by atoms with E-state index in [9.17, 15) is 4.57 Å². The monoisotopic (exact) mass is 458 g/mol. The first kappa shape index (κ1) is 28.2. The van der Waals surface area contributed by atoms with Gasteiger partial charge < -0.3 is 9.05 Å². The number of unbranched alkanes of at least 4 members (excludes halogenated alkanes) is 9. The van der Waals surface area contributed by atoms with Gasteiger partial charge in [-0.15, -0.1) is 11.8 Å². The third-order valence-electron chi connectivity index (χ3n) is 3.91. The molecule has 0 aromatic heterocycles. The normalized spacial score (nSPS) is 13.6. The molecule has 27 heavy (non-hydrogen) atoms. The Morgan fingerprint density at radius 2 is 1.22 bits per heavy atom. The van der Waals surface area contributed by atoms with Crippen LogP contribution >= 0.6 is 40.9 Å². The molecule has 0 spiro atoms. The van der Waals surface area contributed by atoms with E-state index in [1.807, 2.05) is 44.7 Å². The van der Waals surface area contributed by atoms with Crippen LogP contribution in [0.25, 0.3) is 0 Å². The van der Waals surface area contributed by atoms with Crippen LogP contribution in [-0.2, 0) is 13.6 Å². The smallest absolute Gasteiger partial charge is 0.304 e. The summed E-state index contributed by atoms with van der Waals surface area (Å²) in [4.78, 5) is 0. The summed E-state index contributed by atoms with van der Waals surface area (Å²) < 4.78 is 24.5. The second-order valence-electron chi connectivity index (χ2n) is 7.49. The Bertz CT molecular complexity index is 367. The van der Waals surface area contributed by atoms with Crippen LogP contribution in [0.5, 0.6) is 0 Å². The molecule has 3 nitrogen and oxygen atoms in total. The number of rotatable bonds is 19. The van der Waals surface area contributed by atoms with Gasteiger partial charge in [0.1, 0.15) is 0 Å². The number of hydrogen-bond acceptors (Lipinski definition) is 6. The maximum absolute atomic E-state index is 13.2. The van der Waals surface area contributed by atoms with Crippen LogP contribution in [0.4, 0.5) is 0 Å². The van der Waals surface area contributed by atoms with Gasteiger partial charge in [0.25, 0.3) is 0 Å². The highest BCUT2D eigenvalue weighted by molar-refractivity contribution is 8.79. The van der Waals surface area contributed by atoms with Crippen LogP contribution in [0, 0.1) is 0 Å². The maximum atomic E-state index is 13.2. The Labute approximate surface area is 181 Å². The lowest BCUT2D eigenvalue weighted by molar-refractivity contribution is 0.144. The molecule has 0 rings (SSSR count). The summed E-state index contributed by atoms with van der Waals surface area (Å²) >= 11 is 1.57. The highest BCUT2D eigenvalue weighted by atomic mass is 33.1. The molecule has 0 bridgehead atoms. The molecule has 0 aromatic carbocycles. The van der Waals surface area contributed by atoms with E-state index in [1.165, 1.54) is 64.2 Å². The lowest BCUT2D eigenvalue weighted by Gasteiger charge is -2.28. The number of hydrogen-bond donors (Lipinski definition) is 0. The molecule has 0 radical (unpaired) electrons. The van der Waals surface area contributed by atoms with Gasteiger partial charge in [0.15, 0.2) is 4.32 Å². The zero-order valence-electron chi connectivity index (χ0n) is 18.4. The fourth-order valence-electron chi connectivity index (χ4n) is 2.69. The Kier molecular flexibility index (Phi) is 18.8. The molecule has 164 valence electrons. The predicted molar refractivity (Wildman–Crippen MR) is 129 cm³/mol. The van der Waals surface area contributed by atoms with E-state index < -0.39 is 7.60 Å². The average molecular weight is 459 g/mol. The first-order valence-corrected chi connectivity index (χ1v) is 15.9. The minimum atomic E-state index is -3.12. The Balaban J connectivity index is 3.93. The summed E-state index contributed by atoms with van der Waals surface area (Å²) in [5.41, 5.74) is 0. The van der Waals surface area contributed by atoms with Gasteiger partial charge >= 0.3 is 7.60 Å². The third kappa shape index (κ3) is 15.7. The van der Waals surface area contributed by atoms with E-state index in [0.717, 1.165) is 5.75 Å². The summed E-state index contributed by atoms with van der Waals surface area (Å²) in [6, 6.07) is 0. The van der Waals surface area contributed by atoms with Crippen LogP contribution in [0.1, 0.15) is 98.8 Å². The van der Waals surface area contributed by atoms with Crippen molar-refractivity contribution in [2.75, 3.05) is 12.0 Å². The first-order valence-electron chi connectivity index (χ1n) is 10.6. The van der Waals surface area contributed by atoms with Crippen molar-refractivity contribution in [3.05, 3.63) is 0 Å². The molecule has 1 unspecified atom stereocenters. The van der Waals surface area contributed by atoms with E-state index in [4.69, 9.17) is 9.05 Å². The molecule has 0 aromatic rings. The Morgan fingerprint density at radius 1 is 0.778 bits per heavy atom. The highest BCUT2D eigenvalue weighted by Crippen LogP contribution is 2.64. The van der Waals surface area contributed by atoms with Gasteiger partial charge in [-0.1, -0.05) is 86.3 Å². The Hall–Kier alpha value is 1.20. The van der Waals surface area contributed by atoms with Gasteiger partial charge in [0.05, 0.1) is 12.2 Å². The molecule has 0 aliphatic rings. The summed E-state index contributed by atoms with van der Waals surface area (Å²) in [5, 5.41) is 0. The molecule has 1 atom stereocenters. The molecule has 0 aliphatic heterocycles. The third-order valence-corrected chi connectivity index (χ3v) is 12.7. The topological polar surface area (TPSA) is 35.5 Å².